The fraction of sp³-hybridized carbons (Fsp3) is 0.100. The monoisotopic (exact) mass is 247 g/mol. The van der Waals surface area contributed by atoms with Crippen molar-refractivity contribution >= 4 is 17.7 Å². The molecule has 0 atom stereocenters. The predicted molar refractivity (Wildman–Crippen MR) is 60.2 cm³/mol. The SMILES string of the molecule is Cn1cc(C(=O)Nc2nccnc2C(=O)O)cn1. The number of aryl methyl sites for hydroxylation is 1. The maximum absolute atomic E-state index is 11.8. The number of rotatable bonds is 3. The molecule has 0 saturated heterocycles. The summed E-state index contributed by atoms with van der Waals surface area (Å²) in [7, 11) is 1.67. The van der Waals surface area contributed by atoms with E-state index in [4.69, 9.17) is 5.11 Å². The molecule has 2 N–H and O–H groups in total. The van der Waals surface area contributed by atoms with Crippen molar-refractivity contribution in [3.8, 4) is 0 Å². The van der Waals surface area contributed by atoms with Crippen molar-refractivity contribution in [1.82, 2.24) is 19.7 Å². The van der Waals surface area contributed by atoms with Crippen molar-refractivity contribution in [2.24, 2.45) is 7.05 Å². The molecular weight excluding hydrogens is 238 g/mol. The number of nitrogens with zero attached hydrogens (tertiary/aromatic N) is 4. The quantitative estimate of drug-likeness (QED) is 0.799. The largest absolute Gasteiger partial charge is 0.476 e. The summed E-state index contributed by atoms with van der Waals surface area (Å²) in [5.74, 6) is -1.85. The van der Waals surface area contributed by atoms with Gasteiger partial charge >= 0.3 is 5.97 Å². The van der Waals surface area contributed by atoms with E-state index in [1.165, 1.54) is 29.5 Å². The summed E-state index contributed by atoms with van der Waals surface area (Å²) in [6, 6.07) is 0. The molecule has 0 saturated carbocycles. The lowest BCUT2D eigenvalue weighted by molar-refractivity contribution is 0.0691. The highest BCUT2D eigenvalue weighted by atomic mass is 16.4. The number of anilines is 1. The van der Waals surface area contributed by atoms with Crippen LogP contribution in [0.2, 0.25) is 0 Å². The summed E-state index contributed by atoms with van der Waals surface area (Å²) in [4.78, 5) is 30.1. The standard InChI is InChI=1S/C10H9N5O3/c1-15-5-6(4-13-15)9(16)14-8-7(10(17)18)11-2-3-12-8/h2-5H,1H3,(H,17,18)(H,12,14,16). The Kier molecular flexibility index (Phi) is 3.00. The minimum atomic E-state index is -1.26. The van der Waals surface area contributed by atoms with Crippen LogP contribution in [-0.2, 0) is 7.05 Å². The number of aromatic carboxylic acids is 1. The van der Waals surface area contributed by atoms with E-state index in [2.05, 4.69) is 20.4 Å². The van der Waals surface area contributed by atoms with Crippen molar-refractivity contribution < 1.29 is 14.7 Å². The average molecular weight is 247 g/mol. The van der Waals surface area contributed by atoms with E-state index >= 15 is 0 Å². The summed E-state index contributed by atoms with van der Waals surface area (Å²) in [6.07, 6.45) is 5.41. The lowest BCUT2D eigenvalue weighted by Gasteiger charge is -2.04. The van der Waals surface area contributed by atoms with Gasteiger partial charge in [0, 0.05) is 25.6 Å². The Bertz CT molecular complexity index is 607. The first-order valence-electron chi connectivity index (χ1n) is 4.92. The summed E-state index contributed by atoms with van der Waals surface area (Å²) in [6.45, 7) is 0. The lowest BCUT2D eigenvalue weighted by atomic mass is 10.3. The maximum Gasteiger partial charge on any atom is 0.358 e. The van der Waals surface area contributed by atoms with Gasteiger partial charge in [-0.25, -0.2) is 14.8 Å². The summed E-state index contributed by atoms with van der Waals surface area (Å²) >= 11 is 0. The second-order valence-corrected chi connectivity index (χ2v) is 3.42. The molecule has 2 heterocycles. The Morgan fingerprint density at radius 2 is 2.06 bits per heavy atom. The van der Waals surface area contributed by atoms with Crippen LogP contribution in [0.1, 0.15) is 20.8 Å². The highest BCUT2D eigenvalue weighted by Gasteiger charge is 2.16. The van der Waals surface area contributed by atoms with Gasteiger partial charge in [0.25, 0.3) is 5.91 Å². The first-order chi connectivity index (χ1) is 8.58. The van der Waals surface area contributed by atoms with Crippen molar-refractivity contribution in [3.63, 3.8) is 0 Å². The highest BCUT2D eigenvalue weighted by molar-refractivity contribution is 6.06. The number of amides is 1. The molecule has 2 aromatic heterocycles. The van der Waals surface area contributed by atoms with Crippen LogP contribution in [0.5, 0.6) is 0 Å². The third kappa shape index (κ3) is 2.32. The van der Waals surface area contributed by atoms with E-state index < -0.39 is 11.9 Å². The third-order valence-corrected chi connectivity index (χ3v) is 2.10. The van der Waals surface area contributed by atoms with Crippen LogP contribution in [0.25, 0.3) is 0 Å². The molecule has 0 aromatic carbocycles. The van der Waals surface area contributed by atoms with Crippen molar-refractivity contribution in [2.75, 3.05) is 5.32 Å². The van der Waals surface area contributed by atoms with E-state index in [0.29, 0.717) is 5.56 Å². The second-order valence-electron chi connectivity index (χ2n) is 3.42. The average Bonchev–Trinajstić information content (AvgIpc) is 2.76. The van der Waals surface area contributed by atoms with Crippen molar-refractivity contribution in [2.45, 2.75) is 0 Å². The fourth-order valence-corrected chi connectivity index (χ4v) is 1.30. The molecule has 0 fully saturated rings. The zero-order valence-electron chi connectivity index (χ0n) is 9.36. The Morgan fingerprint density at radius 1 is 1.33 bits per heavy atom. The molecule has 2 aromatic rings. The molecule has 0 aliphatic heterocycles. The topological polar surface area (TPSA) is 110 Å². The summed E-state index contributed by atoms with van der Waals surface area (Å²) in [5.41, 5.74) is -0.00534. The molecule has 0 aliphatic rings. The number of carbonyl (C=O) groups excluding carboxylic acids is 1. The fourth-order valence-electron chi connectivity index (χ4n) is 1.30. The van der Waals surface area contributed by atoms with Gasteiger partial charge < -0.3 is 10.4 Å². The van der Waals surface area contributed by atoms with Gasteiger partial charge in [-0.1, -0.05) is 0 Å². The summed E-state index contributed by atoms with van der Waals surface area (Å²) < 4.78 is 1.46. The Balaban J connectivity index is 2.24. The number of carbonyl (C=O) groups is 2. The molecule has 0 radical (unpaired) electrons. The molecule has 2 rings (SSSR count). The van der Waals surface area contributed by atoms with Gasteiger partial charge in [-0.3, -0.25) is 9.48 Å². The minimum absolute atomic E-state index is 0.0983. The van der Waals surface area contributed by atoms with Gasteiger partial charge in [0.05, 0.1) is 11.8 Å². The van der Waals surface area contributed by atoms with Gasteiger partial charge in [0.1, 0.15) is 0 Å². The van der Waals surface area contributed by atoms with Crippen LogP contribution in [0.3, 0.4) is 0 Å². The van der Waals surface area contributed by atoms with Crippen LogP contribution in [0.4, 0.5) is 5.82 Å². The zero-order valence-corrected chi connectivity index (χ0v) is 9.36. The van der Waals surface area contributed by atoms with Gasteiger partial charge in [-0.15, -0.1) is 0 Å². The van der Waals surface area contributed by atoms with E-state index in [1.54, 1.807) is 7.05 Å². The maximum atomic E-state index is 11.8. The summed E-state index contributed by atoms with van der Waals surface area (Å²) in [5, 5.41) is 15.1. The molecule has 92 valence electrons. The number of carboxylic acid groups (broad SMARTS) is 1. The van der Waals surface area contributed by atoms with Gasteiger partial charge in [-0.2, -0.15) is 5.10 Å². The van der Waals surface area contributed by atoms with Crippen molar-refractivity contribution in [3.05, 3.63) is 36.0 Å². The van der Waals surface area contributed by atoms with Crippen molar-refractivity contribution in [1.29, 1.82) is 0 Å². The third-order valence-electron chi connectivity index (χ3n) is 2.10. The first-order valence-corrected chi connectivity index (χ1v) is 4.92. The molecule has 0 bridgehead atoms. The van der Waals surface area contributed by atoms with Crippen LogP contribution < -0.4 is 5.32 Å². The van der Waals surface area contributed by atoms with E-state index in [9.17, 15) is 9.59 Å². The van der Waals surface area contributed by atoms with Crippen LogP contribution in [-0.4, -0.2) is 36.7 Å². The molecule has 0 aliphatic carbocycles. The molecule has 0 unspecified atom stereocenters. The van der Waals surface area contributed by atoms with Crippen LogP contribution >= 0.6 is 0 Å². The molecule has 8 heteroatoms. The highest BCUT2D eigenvalue weighted by Crippen LogP contribution is 2.10. The minimum Gasteiger partial charge on any atom is -0.476 e. The van der Waals surface area contributed by atoms with Gasteiger partial charge in [-0.05, 0) is 0 Å². The van der Waals surface area contributed by atoms with Gasteiger partial charge in [0.15, 0.2) is 11.5 Å². The van der Waals surface area contributed by atoms with Crippen LogP contribution in [0.15, 0.2) is 24.8 Å². The van der Waals surface area contributed by atoms with E-state index in [0.717, 1.165) is 0 Å². The zero-order chi connectivity index (χ0) is 13.1. The number of carboxylic acids is 1. The molecule has 1 amide bonds. The molecule has 0 spiro atoms. The molecule has 18 heavy (non-hydrogen) atoms. The Hall–Kier alpha value is -2.77. The molecule has 8 nitrogen and oxygen atoms in total. The Morgan fingerprint density at radius 3 is 2.67 bits per heavy atom. The van der Waals surface area contributed by atoms with Crippen LogP contribution in [0, 0.1) is 0 Å². The van der Waals surface area contributed by atoms with Gasteiger partial charge in [0.2, 0.25) is 0 Å². The number of hydrogen-bond acceptors (Lipinski definition) is 5. The number of aromatic nitrogens is 4. The molecular formula is C10H9N5O3. The Labute approximate surface area is 101 Å². The lowest BCUT2D eigenvalue weighted by Crippen LogP contribution is -2.16. The number of hydrogen-bond donors (Lipinski definition) is 2. The second kappa shape index (κ2) is 4.62. The van der Waals surface area contributed by atoms with E-state index in [1.807, 2.05) is 0 Å². The normalized spacial score (nSPS) is 10.1. The predicted octanol–water partition coefficient (Wildman–Crippen LogP) is 0.161. The number of nitrogens with one attached hydrogen (secondary N) is 1. The van der Waals surface area contributed by atoms with E-state index in [-0.39, 0.29) is 11.5 Å². The first kappa shape index (κ1) is 11.7. The smallest absolute Gasteiger partial charge is 0.358 e.